The first-order chi connectivity index (χ1) is 10.2. The van der Waals surface area contributed by atoms with Crippen molar-refractivity contribution in [2.45, 2.75) is 44.7 Å². The smallest absolute Gasteiger partial charge is 0.224 e. The molecule has 0 heterocycles. The zero-order chi connectivity index (χ0) is 15.1. The molecule has 0 bridgehead atoms. The maximum Gasteiger partial charge on any atom is 0.224 e. The largest absolute Gasteiger partial charge is 0.355 e. The zero-order valence-electron chi connectivity index (χ0n) is 13.0. The van der Waals surface area contributed by atoms with Crippen molar-refractivity contribution in [2.75, 3.05) is 20.1 Å². The second-order valence-corrected chi connectivity index (χ2v) is 5.97. The molecule has 0 atom stereocenters. The molecule has 0 aromatic heterocycles. The van der Waals surface area contributed by atoms with Gasteiger partial charge in [-0.05, 0) is 31.0 Å². The Morgan fingerprint density at radius 1 is 1.24 bits per heavy atom. The highest BCUT2D eigenvalue weighted by Crippen LogP contribution is 2.21. The van der Waals surface area contributed by atoms with E-state index in [9.17, 15) is 4.79 Å². The summed E-state index contributed by atoms with van der Waals surface area (Å²) in [5.74, 6) is 0.0929. The SMILES string of the molecule is CN(CCNC(=O)Cc1ccc(CN)cc1)C1CCCC1. The van der Waals surface area contributed by atoms with Crippen LogP contribution in [-0.4, -0.2) is 37.0 Å². The number of nitrogens with zero attached hydrogens (tertiary/aromatic N) is 1. The fourth-order valence-corrected chi connectivity index (χ4v) is 2.94. The van der Waals surface area contributed by atoms with E-state index in [0.717, 1.165) is 24.2 Å². The molecule has 1 amide bonds. The molecule has 0 saturated heterocycles. The van der Waals surface area contributed by atoms with Gasteiger partial charge in [0.15, 0.2) is 0 Å². The minimum atomic E-state index is 0.0929. The van der Waals surface area contributed by atoms with Crippen molar-refractivity contribution in [3.05, 3.63) is 35.4 Å². The van der Waals surface area contributed by atoms with Gasteiger partial charge in [0, 0.05) is 25.7 Å². The quantitative estimate of drug-likeness (QED) is 0.803. The standard InChI is InChI=1S/C17H27N3O/c1-20(16-4-2-3-5-16)11-10-19-17(21)12-14-6-8-15(13-18)9-7-14/h6-9,16H,2-5,10-13,18H2,1H3,(H,19,21). The number of benzene rings is 1. The molecule has 1 aliphatic carbocycles. The van der Waals surface area contributed by atoms with E-state index in [1.165, 1.54) is 25.7 Å². The maximum atomic E-state index is 11.9. The Morgan fingerprint density at radius 3 is 2.48 bits per heavy atom. The fourth-order valence-electron chi connectivity index (χ4n) is 2.94. The Bertz CT molecular complexity index is 438. The first-order valence-corrected chi connectivity index (χ1v) is 7.94. The van der Waals surface area contributed by atoms with Crippen molar-refractivity contribution >= 4 is 5.91 Å². The number of amides is 1. The summed E-state index contributed by atoms with van der Waals surface area (Å²) < 4.78 is 0. The number of nitrogens with two attached hydrogens (primary N) is 1. The van der Waals surface area contributed by atoms with Crippen molar-refractivity contribution in [1.82, 2.24) is 10.2 Å². The molecule has 1 saturated carbocycles. The highest BCUT2D eigenvalue weighted by molar-refractivity contribution is 5.78. The van der Waals surface area contributed by atoms with Crippen LogP contribution in [0.1, 0.15) is 36.8 Å². The van der Waals surface area contributed by atoms with Gasteiger partial charge < -0.3 is 16.0 Å². The van der Waals surface area contributed by atoms with E-state index in [1.54, 1.807) is 0 Å². The van der Waals surface area contributed by atoms with Crippen LogP contribution >= 0.6 is 0 Å². The lowest BCUT2D eigenvalue weighted by Gasteiger charge is -2.23. The molecule has 1 aromatic carbocycles. The average Bonchev–Trinajstić information content (AvgIpc) is 3.02. The van der Waals surface area contributed by atoms with Gasteiger partial charge in [0.1, 0.15) is 0 Å². The van der Waals surface area contributed by atoms with Crippen LogP contribution in [0.25, 0.3) is 0 Å². The molecule has 0 radical (unpaired) electrons. The summed E-state index contributed by atoms with van der Waals surface area (Å²) in [5, 5.41) is 3.01. The maximum absolute atomic E-state index is 11.9. The lowest BCUT2D eigenvalue weighted by molar-refractivity contribution is -0.120. The average molecular weight is 289 g/mol. The molecule has 2 rings (SSSR count). The van der Waals surface area contributed by atoms with Gasteiger partial charge >= 0.3 is 0 Å². The molecule has 116 valence electrons. The van der Waals surface area contributed by atoms with Crippen LogP contribution in [0.4, 0.5) is 0 Å². The molecule has 0 spiro atoms. The Labute approximate surface area is 127 Å². The minimum absolute atomic E-state index is 0.0929. The molecule has 4 nitrogen and oxygen atoms in total. The van der Waals surface area contributed by atoms with E-state index in [-0.39, 0.29) is 5.91 Å². The van der Waals surface area contributed by atoms with Crippen LogP contribution in [0.3, 0.4) is 0 Å². The van der Waals surface area contributed by atoms with Gasteiger partial charge in [0.05, 0.1) is 6.42 Å². The van der Waals surface area contributed by atoms with Crippen molar-refractivity contribution in [3.8, 4) is 0 Å². The van der Waals surface area contributed by atoms with Crippen LogP contribution in [0.5, 0.6) is 0 Å². The second kappa shape index (κ2) is 8.15. The lowest BCUT2D eigenvalue weighted by Crippen LogP contribution is -2.37. The van der Waals surface area contributed by atoms with Crippen LogP contribution < -0.4 is 11.1 Å². The van der Waals surface area contributed by atoms with Gasteiger partial charge in [-0.25, -0.2) is 0 Å². The Balaban J connectivity index is 1.66. The van der Waals surface area contributed by atoms with Gasteiger partial charge in [0.2, 0.25) is 5.91 Å². The normalized spacial score (nSPS) is 15.6. The number of carbonyl (C=O) groups is 1. The summed E-state index contributed by atoms with van der Waals surface area (Å²) in [6.45, 7) is 2.20. The molecule has 0 aliphatic heterocycles. The predicted molar refractivity (Wildman–Crippen MR) is 85.9 cm³/mol. The number of hydrogen-bond acceptors (Lipinski definition) is 3. The minimum Gasteiger partial charge on any atom is -0.355 e. The molecular formula is C17H27N3O. The van der Waals surface area contributed by atoms with Crippen LogP contribution in [0.15, 0.2) is 24.3 Å². The summed E-state index contributed by atoms with van der Waals surface area (Å²) >= 11 is 0. The van der Waals surface area contributed by atoms with Crippen LogP contribution in [0.2, 0.25) is 0 Å². The summed E-state index contributed by atoms with van der Waals surface area (Å²) in [7, 11) is 2.16. The third-order valence-corrected chi connectivity index (χ3v) is 4.36. The van der Waals surface area contributed by atoms with E-state index in [0.29, 0.717) is 19.0 Å². The highest BCUT2D eigenvalue weighted by atomic mass is 16.1. The van der Waals surface area contributed by atoms with Crippen molar-refractivity contribution in [3.63, 3.8) is 0 Å². The Hall–Kier alpha value is -1.39. The molecule has 0 unspecified atom stereocenters. The van der Waals surface area contributed by atoms with Crippen LogP contribution in [0, 0.1) is 0 Å². The highest BCUT2D eigenvalue weighted by Gasteiger charge is 2.18. The number of rotatable bonds is 7. The third kappa shape index (κ3) is 5.14. The molecule has 1 aliphatic rings. The molecule has 4 heteroatoms. The summed E-state index contributed by atoms with van der Waals surface area (Å²) in [4.78, 5) is 14.3. The van der Waals surface area contributed by atoms with Gasteiger partial charge in [-0.15, -0.1) is 0 Å². The van der Waals surface area contributed by atoms with E-state index in [4.69, 9.17) is 5.73 Å². The fraction of sp³-hybridized carbons (Fsp3) is 0.588. The number of likely N-dealkylation sites (N-methyl/N-ethyl adjacent to an activating group) is 1. The lowest BCUT2D eigenvalue weighted by atomic mass is 10.1. The Morgan fingerprint density at radius 2 is 1.86 bits per heavy atom. The van der Waals surface area contributed by atoms with Crippen molar-refractivity contribution in [1.29, 1.82) is 0 Å². The Kier molecular flexibility index (Phi) is 6.21. The molecule has 21 heavy (non-hydrogen) atoms. The summed E-state index contributed by atoms with van der Waals surface area (Å²) in [6, 6.07) is 8.64. The summed E-state index contributed by atoms with van der Waals surface area (Å²) in [5.41, 5.74) is 7.69. The number of carbonyl (C=O) groups excluding carboxylic acids is 1. The van der Waals surface area contributed by atoms with Gasteiger partial charge in [-0.1, -0.05) is 37.1 Å². The van der Waals surface area contributed by atoms with E-state index in [2.05, 4.69) is 17.3 Å². The summed E-state index contributed by atoms with van der Waals surface area (Å²) in [6.07, 6.45) is 5.74. The van der Waals surface area contributed by atoms with Crippen LogP contribution in [-0.2, 0) is 17.8 Å². The predicted octanol–water partition coefficient (Wildman–Crippen LogP) is 1.68. The number of nitrogens with one attached hydrogen (secondary N) is 1. The van der Waals surface area contributed by atoms with Crippen molar-refractivity contribution < 1.29 is 4.79 Å². The molecule has 3 N–H and O–H groups in total. The monoisotopic (exact) mass is 289 g/mol. The number of hydrogen-bond donors (Lipinski definition) is 2. The topological polar surface area (TPSA) is 58.4 Å². The molecular weight excluding hydrogens is 262 g/mol. The van der Waals surface area contributed by atoms with E-state index in [1.807, 2.05) is 24.3 Å². The van der Waals surface area contributed by atoms with Crippen molar-refractivity contribution in [2.24, 2.45) is 5.73 Å². The second-order valence-electron chi connectivity index (χ2n) is 5.97. The first-order valence-electron chi connectivity index (χ1n) is 7.94. The van der Waals surface area contributed by atoms with E-state index >= 15 is 0 Å². The first kappa shape index (κ1) is 16.0. The van der Waals surface area contributed by atoms with E-state index < -0.39 is 0 Å². The zero-order valence-corrected chi connectivity index (χ0v) is 13.0. The molecule has 1 aromatic rings. The third-order valence-electron chi connectivity index (χ3n) is 4.36. The molecule has 1 fully saturated rings. The van der Waals surface area contributed by atoms with Gasteiger partial charge in [-0.2, -0.15) is 0 Å². The van der Waals surface area contributed by atoms with Gasteiger partial charge in [0.25, 0.3) is 0 Å². The van der Waals surface area contributed by atoms with Gasteiger partial charge in [-0.3, -0.25) is 4.79 Å².